The predicted molar refractivity (Wildman–Crippen MR) is 114 cm³/mol. The van der Waals surface area contributed by atoms with Crippen molar-refractivity contribution in [3.63, 3.8) is 0 Å². The SMILES string of the molecule is COc1cc(-c2cc(SNC3(C#N)CC3)cc3c2cnn3-c2nnc(C(F)F)s2)ncn1. The van der Waals surface area contributed by atoms with E-state index in [0.29, 0.717) is 17.1 Å². The first-order valence-corrected chi connectivity index (χ1v) is 11.0. The molecular formula is C19H14F2N8OS2. The first kappa shape index (κ1) is 20.7. The van der Waals surface area contributed by atoms with Gasteiger partial charge in [0.25, 0.3) is 6.43 Å². The lowest BCUT2D eigenvalue weighted by Crippen LogP contribution is -2.22. The topological polar surface area (TPSA) is 114 Å². The Hall–Kier alpha value is -3.21. The minimum absolute atomic E-state index is 0.229. The van der Waals surface area contributed by atoms with Gasteiger partial charge in [-0.2, -0.15) is 10.4 Å². The third-order valence-corrected chi connectivity index (χ3v) is 6.79. The molecule has 1 N–H and O–H groups in total. The van der Waals surface area contributed by atoms with Gasteiger partial charge in [-0.3, -0.25) is 0 Å². The maximum absolute atomic E-state index is 13.0. The lowest BCUT2D eigenvalue weighted by atomic mass is 10.1. The maximum Gasteiger partial charge on any atom is 0.291 e. The van der Waals surface area contributed by atoms with E-state index in [4.69, 9.17) is 4.74 Å². The quantitative estimate of drug-likeness (QED) is 0.400. The van der Waals surface area contributed by atoms with Crippen molar-refractivity contribution < 1.29 is 13.5 Å². The number of fused-ring (bicyclic) bond motifs is 1. The minimum Gasteiger partial charge on any atom is -0.481 e. The zero-order valence-corrected chi connectivity index (χ0v) is 18.1. The van der Waals surface area contributed by atoms with Gasteiger partial charge in [-0.25, -0.2) is 28.2 Å². The number of halogens is 2. The van der Waals surface area contributed by atoms with Crippen LogP contribution in [0.25, 0.3) is 27.3 Å². The van der Waals surface area contributed by atoms with Crippen molar-refractivity contribution in [2.75, 3.05) is 7.11 Å². The number of rotatable bonds is 7. The number of nitrogens with zero attached hydrogens (tertiary/aromatic N) is 7. The summed E-state index contributed by atoms with van der Waals surface area (Å²) in [7, 11) is 1.52. The van der Waals surface area contributed by atoms with Crippen LogP contribution in [0.5, 0.6) is 5.88 Å². The number of nitrogens with one attached hydrogen (secondary N) is 1. The van der Waals surface area contributed by atoms with Crippen molar-refractivity contribution in [2.24, 2.45) is 0 Å². The number of methoxy groups -OCH3 is 1. The fourth-order valence-corrected chi connectivity index (χ4v) is 4.62. The van der Waals surface area contributed by atoms with Gasteiger partial charge < -0.3 is 4.74 Å². The molecule has 32 heavy (non-hydrogen) atoms. The Morgan fingerprint density at radius 1 is 1.28 bits per heavy atom. The molecule has 0 amide bonds. The van der Waals surface area contributed by atoms with Gasteiger partial charge in [-0.15, -0.1) is 10.2 Å². The summed E-state index contributed by atoms with van der Waals surface area (Å²) in [6.07, 6.45) is 1.89. The third-order valence-electron chi connectivity index (χ3n) is 4.92. The molecule has 5 rings (SSSR count). The lowest BCUT2D eigenvalue weighted by molar-refractivity contribution is 0.150. The van der Waals surface area contributed by atoms with Crippen LogP contribution < -0.4 is 9.46 Å². The zero-order valence-electron chi connectivity index (χ0n) is 16.5. The zero-order chi connectivity index (χ0) is 22.3. The van der Waals surface area contributed by atoms with E-state index >= 15 is 0 Å². The smallest absolute Gasteiger partial charge is 0.291 e. The average Bonchev–Trinajstić information content (AvgIpc) is 3.21. The van der Waals surface area contributed by atoms with Crippen molar-refractivity contribution >= 4 is 34.2 Å². The van der Waals surface area contributed by atoms with Crippen LogP contribution in [0.1, 0.15) is 24.3 Å². The van der Waals surface area contributed by atoms with E-state index in [2.05, 4.69) is 36.1 Å². The fraction of sp³-hybridized carbons (Fsp3) is 0.263. The van der Waals surface area contributed by atoms with Gasteiger partial charge in [0, 0.05) is 21.9 Å². The summed E-state index contributed by atoms with van der Waals surface area (Å²) in [6.45, 7) is 0. The number of hydrogen-bond acceptors (Lipinski definition) is 10. The Morgan fingerprint density at radius 2 is 2.12 bits per heavy atom. The number of hydrogen-bond donors (Lipinski definition) is 1. The number of ether oxygens (including phenoxy) is 1. The highest BCUT2D eigenvalue weighted by Crippen LogP contribution is 2.40. The number of aromatic nitrogens is 6. The third kappa shape index (κ3) is 3.77. The molecule has 3 heterocycles. The van der Waals surface area contributed by atoms with Crippen molar-refractivity contribution in [1.29, 1.82) is 5.26 Å². The molecule has 0 unspecified atom stereocenters. The van der Waals surface area contributed by atoms with Crippen molar-refractivity contribution in [3.8, 4) is 28.3 Å². The van der Waals surface area contributed by atoms with Crippen LogP contribution in [0.3, 0.4) is 0 Å². The Labute approximate surface area is 188 Å². The average molecular weight is 473 g/mol. The highest BCUT2D eigenvalue weighted by Gasteiger charge is 2.43. The summed E-state index contributed by atoms with van der Waals surface area (Å²) in [5.74, 6) is 0.402. The highest BCUT2D eigenvalue weighted by molar-refractivity contribution is 7.97. The summed E-state index contributed by atoms with van der Waals surface area (Å²) in [6, 6.07) is 7.77. The number of alkyl halides is 2. The van der Waals surface area contributed by atoms with Crippen LogP contribution in [0.15, 0.2) is 35.6 Å². The maximum atomic E-state index is 13.0. The second-order valence-corrected chi connectivity index (χ2v) is 8.89. The Bertz CT molecular complexity index is 1340. The van der Waals surface area contributed by atoms with E-state index in [9.17, 15) is 14.0 Å². The Kier molecular flexibility index (Phi) is 5.20. The van der Waals surface area contributed by atoms with Gasteiger partial charge >= 0.3 is 0 Å². The second kappa shape index (κ2) is 8.05. The van der Waals surface area contributed by atoms with Gasteiger partial charge in [0.15, 0.2) is 5.01 Å². The van der Waals surface area contributed by atoms with Crippen molar-refractivity contribution in [3.05, 3.63) is 35.7 Å². The summed E-state index contributed by atoms with van der Waals surface area (Å²) in [5.41, 5.74) is 1.47. The summed E-state index contributed by atoms with van der Waals surface area (Å²) < 4.78 is 36.0. The van der Waals surface area contributed by atoms with Gasteiger partial charge in [-0.05, 0) is 36.9 Å². The molecule has 3 aromatic heterocycles. The molecule has 0 saturated heterocycles. The fourth-order valence-electron chi connectivity index (χ4n) is 3.04. The van der Waals surface area contributed by atoms with E-state index < -0.39 is 12.0 Å². The van der Waals surface area contributed by atoms with Crippen LogP contribution in [0, 0.1) is 11.3 Å². The van der Waals surface area contributed by atoms with Gasteiger partial charge in [-0.1, -0.05) is 11.3 Å². The molecule has 0 spiro atoms. The summed E-state index contributed by atoms with van der Waals surface area (Å²) in [4.78, 5) is 9.21. The van der Waals surface area contributed by atoms with E-state index in [1.165, 1.54) is 30.1 Å². The summed E-state index contributed by atoms with van der Waals surface area (Å²) in [5, 5.41) is 21.8. The van der Waals surface area contributed by atoms with Gasteiger partial charge in [0.05, 0.1) is 30.6 Å². The molecule has 1 aliphatic carbocycles. The summed E-state index contributed by atoms with van der Waals surface area (Å²) >= 11 is 2.10. The normalized spacial score (nSPS) is 14.6. The number of benzene rings is 1. The van der Waals surface area contributed by atoms with Crippen LogP contribution in [-0.2, 0) is 0 Å². The van der Waals surface area contributed by atoms with Crippen LogP contribution in [0.2, 0.25) is 0 Å². The molecule has 162 valence electrons. The molecule has 0 radical (unpaired) electrons. The molecule has 4 aromatic rings. The molecule has 0 atom stereocenters. The first-order valence-electron chi connectivity index (χ1n) is 9.37. The van der Waals surface area contributed by atoms with Crippen LogP contribution in [-0.4, -0.2) is 42.6 Å². The molecule has 13 heteroatoms. The lowest BCUT2D eigenvalue weighted by Gasteiger charge is -2.11. The molecule has 1 fully saturated rings. The Balaban J connectivity index is 1.63. The van der Waals surface area contributed by atoms with Gasteiger partial charge in [0.1, 0.15) is 11.9 Å². The van der Waals surface area contributed by atoms with Gasteiger partial charge in [0.2, 0.25) is 11.0 Å². The Morgan fingerprint density at radius 3 is 2.81 bits per heavy atom. The van der Waals surface area contributed by atoms with E-state index in [1.807, 2.05) is 12.1 Å². The minimum atomic E-state index is -2.71. The van der Waals surface area contributed by atoms with E-state index in [-0.39, 0.29) is 10.1 Å². The molecule has 0 aliphatic heterocycles. The van der Waals surface area contributed by atoms with Crippen molar-refractivity contribution in [1.82, 2.24) is 34.7 Å². The molecule has 0 bridgehead atoms. The molecular weight excluding hydrogens is 458 g/mol. The second-order valence-electron chi connectivity index (χ2n) is 7.03. The predicted octanol–water partition coefficient (Wildman–Crippen LogP) is 3.93. The molecule has 1 saturated carbocycles. The van der Waals surface area contributed by atoms with E-state index in [0.717, 1.165) is 40.0 Å². The largest absolute Gasteiger partial charge is 0.481 e. The van der Waals surface area contributed by atoms with Crippen molar-refractivity contribution in [2.45, 2.75) is 29.7 Å². The number of nitriles is 1. The first-order chi connectivity index (χ1) is 15.5. The standard InChI is InChI=1S/C19H14F2N8OS2/c1-30-15-6-13(23-9-24-15)11-4-10(32-28-19(8-22)2-3-19)5-14-12(11)7-25-29(14)18-27-26-17(31-18)16(20)21/h4-7,9,16,28H,2-3H2,1H3. The monoisotopic (exact) mass is 472 g/mol. The van der Waals surface area contributed by atoms with Crippen LogP contribution in [0.4, 0.5) is 8.78 Å². The molecule has 1 aromatic carbocycles. The molecule has 1 aliphatic rings. The van der Waals surface area contributed by atoms with E-state index in [1.54, 1.807) is 12.3 Å². The highest BCUT2D eigenvalue weighted by atomic mass is 32.2. The molecule has 9 nitrogen and oxygen atoms in total. The van der Waals surface area contributed by atoms with Crippen LogP contribution >= 0.6 is 23.3 Å².